The van der Waals surface area contributed by atoms with Crippen molar-refractivity contribution in [2.24, 2.45) is 0 Å². The first-order valence-corrected chi connectivity index (χ1v) is 8.88. The van der Waals surface area contributed by atoms with E-state index in [2.05, 4.69) is 34.2 Å². The first kappa shape index (κ1) is 15.1. The molecule has 1 fully saturated rings. The third-order valence-corrected chi connectivity index (χ3v) is 5.00. The van der Waals surface area contributed by atoms with E-state index in [0.29, 0.717) is 0 Å². The SMILES string of the molecule is c1ccc(-c2ncc(-c3ccc(C4CCCCC4)cc3)cn2)cc1. The maximum atomic E-state index is 4.53. The standard InChI is InChI=1S/C22H22N2/c1-3-7-17(8-4-1)18-11-13-19(14-12-18)21-15-23-22(24-16-21)20-9-5-2-6-10-20/h2,5-6,9-17H,1,3-4,7-8H2. The molecule has 0 unspecified atom stereocenters. The molecule has 4 rings (SSSR count). The summed E-state index contributed by atoms with van der Waals surface area (Å²) < 4.78 is 0. The molecule has 0 radical (unpaired) electrons. The summed E-state index contributed by atoms with van der Waals surface area (Å²) in [5.41, 5.74) is 4.80. The summed E-state index contributed by atoms with van der Waals surface area (Å²) in [4.78, 5) is 9.05. The van der Waals surface area contributed by atoms with E-state index >= 15 is 0 Å². The Kier molecular flexibility index (Phi) is 4.37. The molecule has 1 aliphatic rings. The van der Waals surface area contributed by atoms with Crippen molar-refractivity contribution in [1.82, 2.24) is 9.97 Å². The average molecular weight is 314 g/mol. The quantitative estimate of drug-likeness (QED) is 0.605. The zero-order chi connectivity index (χ0) is 16.2. The number of hydrogen-bond acceptors (Lipinski definition) is 2. The predicted octanol–water partition coefficient (Wildman–Crippen LogP) is 5.86. The van der Waals surface area contributed by atoms with E-state index in [1.807, 2.05) is 42.7 Å². The van der Waals surface area contributed by atoms with Gasteiger partial charge in [-0.1, -0.05) is 73.9 Å². The van der Waals surface area contributed by atoms with Gasteiger partial charge in [0.2, 0.25) is 0 Å². The van der Waals surface area contributed by atoms with Crippen LogP contribution in [0.3, 0.4) is 0 Å². The number of nitrogens with zero attached hydrogens (tertiary/aromatic N) is 2. The van der Waals surface area contributed by atoms with Gasteiger partial charge in [0.25, 0.3) is 0 Å². The van der Waals surface area contributed by atoms with Crippen LogP contribution in [0.4, 0.5) is 0 Å². The molecule has 1 saturated carbocycles. The summed E-state index contributed by atoms with van der Waals surface area (Å²) in [6.07, 6.45) is 10.7. The minimum Gasteiger partial charge on any atom is -0.236 e. The largest absolute Gasteiger partial charge is 0.236 e. The maximum Gasteiger partial charge on any atom is 0.159 e. The van der Waals surface area contributed by atoms with Crippen LogP contribution in [-0.4, -0.2) is 9.97 Å². The van der Waals surface area contributed by atoms with Crippen LogP contribution in [0.25, 0.3) is 22.5 Å². The Hall–Kier alpha value is -2.48. The van der Waals surface area contributed by atoms with Crippen LogP contribution in [-0.2, 0) is 0 Å². The highest BCUT2D eigenvalue weighted by atomic mass is 14.9. The molecule has 0 aliphatic heterocycles. The van der Waals surface area contributed by atoms with Crippen molar-refractivity contribution in [3.63, 3.8) is 0 Å². The fourth-order valence-electron chi connectivity index (χ4n) is 3.60. The van der Waals surface area contributed by atoms with Gasteiger partial charge in [0.15, 0.2) is 5.82 Å². The molecule has 24 heavy (non-hydrogen) atoms. The molecule has 120 valence electrons. The Labute approximate surface area is 143 Å². The summed E-state index contributed by atoms with van der Waals surface area (Å²) in [5.74, 6) is 1.53. The van der Waals surface area contributed by atoms with Crippen LogP contribution in [0.1, 0.15) is 43.6 Å². The van der Waals surface area contributed by atoms with Gasteiger partial charge in [0, 0.05) is 23.5 Å². The molecule has 0 N–H and O–H groups in total. The Morgan fingerprint density at radius 2 is 1.29 bits per heavy atom. The van der Waals surface area contributed by atoms with Crippen LogP contribution in [0.5, 0.6) is 0 Å². The van der Waals surface area contributed by atoms with Crippen LogP contribution in [0, 0.1) is 0 Å². The molecule has 1 heterocycles. The van der Waals surface area contributed by atoms with E-state index in [1.54, 1.807) is 0 Å². The molecule has 2 aromatic carbocycles. The third kappa shape index (κ3) is 3.23. The molecular weight excluding hydrogens is 292 g/mol. The fourth-order valence-corrected chi connectivity index (χ4v) is 3.60. The Morgan fingerprint density at radius 3 is 1.96 bits per heavy atom. The van der Waals surface area contributed by atoms with Gasteiger partial charge in [-0.15, -0.1) is 0 Å². The molecule has 0 saturated heterocycles. The molecule has 2 heteroatoms. The summed E-state index contributed by atoms with van der Waals surface area (Å²) in [7, 11) is 0. The number of rotatable bonds is 3. The molecule has 0 amide bonds. The normalized spacial score (nSPS) is 15.3. The number of hydrogen-bond donors (Lipinski definition) is 0. The molecule has 0 bridgehead atoms. The van der Waals surface area contributed by atoms with Gasteiger partial charge >= 0.3 is 0 Å². The highest BCUT2D eigenvalue weighted by Gasteiger charge is 2.15. The second kappa shape index (κ2) is 6.96. The average Bonchev–Trinajstić information content (AvgIpc) is 2.70. The van der Waals surface area contributed by atoms with E-state index in [9.17, 15) is 0 Å². The molecule has 0 spiro atoms. The molecule has 1 aliphatic carbocycles. The lowest BCUT2D eigenvalue weighted by Crippen LogP contribution is -2.04. The van der Waals surface area contributed by atoms with Crippen molar-refractivity contribution in [2.75, 3.05) is 0 Å². The van der Waals surface area contributed by atoms with Gasteiger partial charge in [-0.3, -0.25) is 0 Å². The van der Waals surface area contributed by atoms with Gasteiger partial charge in [-0.25, -0.2) is 9.97 Å². The fraction of sp³-hybridized carbons (Fsp3) is 0.273. The minimum atomic E-state index is 0.754. The van der Waals surface area contributed by atoms with Crippen molar-refractivity contribution in [1.29, 1.82) is 0 Å². The Bertz CT molecular complexity index is 770. The monoisotopic (exact) mass is 314 g/mol. The highest BCUT2D eigenvalue weighted by Crippen LogP contribution is 2.33. The Morgan fingerprint density at radius 1 is 0.625 bits per heavy atom. The number of aromatic nitrogens is 2. The zero-order valence-corrected chi connectivity index (χ0v) is 13.9. The van der Waals surface area contributed by atoms with Crippen molar-refractivity contribution in [3.8, 4) is 22.5 Å². The lowest BCUT2D eigenvalue weighted by Gasteiger charge is -2.22. The van der Waals surface area contributed by atoms with E-state index in [4.69, 9.17) is 0 Å². The first-order chi connectivity index (χ1) is 11.9. The van der Waals surface area contributed by atoms with E-state index in [-0.39, 0.29) is 0 Å². The van der Waals surface area contributed by atoms with E-state index in [1.165, 1.54) is 43.2 Å². The highest BCUT2D eigenvalue weighted by molar-refractivity contribution is 5.64. The van der Waals surface area contributed by atoms with Gasteiger partial charge < -0.3 is 0 Å². The molecule has 1 aromatic heterocycles. The summed E-state index contributed by atoms with van der Waals surface area (Å²) in [5, 5.41) is 0. The van der Waals surface area contributed by atoms with E-state index in [0.717, 1.165) is 22.9 Å². The van der Waals surface area contributed by atoms with Crippen molar-refractivity contribution in [2.45, 2.75) is 38.0 Å². The van der Waals surface area contributed by atoms with Gasteiger partial charge in [0.1, 0.15) is 0 Å². The molecular formula is C22H22N2. The third-order valence-electron chi connectivity index (χ3n) is 5.00. The van der Waals surface area contributed by atoms with Crippen LogP contribution in [0.15, 0.2) is 67.0 Å². The minimum absolute atomic E-state index is 0.754. The van der Waals surface area contributed by atoms with Crippen LogP contribution >= 0.6 is 0 Å². The lowest BCUT2D eigenvalue weighted by molar-refractivity contribution is 0.443. The van der Waals surface area contributed by atoms with Crippen LogP contribution < -0.4 is 0 Å². The van der Waals surface area contributed by atoms with E-state index < -0.39 is 0 Å². The smallest absolute Gasteiger partial charge is 0.159 e. The van der Waals surface area contributed by atoms with Crippen molar-refractivity contribution in [3.05, 3.63) is 72.6 Å². The summed E-state index contributed by atoms with van der Waals surface area (Å²) >= 11 is 0. The Balaban J connectivity index is 1.53. The summed E-state index contributed by atoms with van der Waals surface area (Å²) in [6, 6.07) is 19.1. The number of benzene rings is 2. The predicted molar refractivity (Wildman–Crippen MR) is 98.7 cm³/mol. The van der Waals surface area contributed by atoms with Crippen molar-refractivity contribution >= 4 is 0 Å². The molecule has 0 atom stereocenters. The lowest BCUT2D eigenvalue weighted by atomic mass is 9.84. The zero-order valence-electron chi connectivity index (χ0n) is 13.9. The topological polar surface area (TPSA) is 25.8 Å². The van der Waals surface area contributed by atoms with Crippen molar-refractivity contribution < 1.29 is 0 Å². The second-order valence-electron chi connectivity index (χ2n) is 6.62. The van der Waals surface area contributed by atoms with Gasteiger partial charge in [-0.2, -0.15) is 0 Å². The maximum absolute atomic E-state index is 4.53. The molecule has 2 nitrogen and oxygen atoms in total. The summed E-state index contributed by atoms with van der Waals surface area (Å²) in [6.45, 7) is 0. The molecule has 3 aromatic rings. The van der Waals surface area contributed by atoms with Crippen LogP contribution in [0.2, 0.25) is 0 Å². The van der Waals surface area contributed by atoms with Gasteiger partial charge in [0.05, 0.1) is 0 Å². The second-order valence-corrected chi connectivity index (χ2v) is 6.62. The first-order valence-electron chi connectivity index (χ1n) is 8.88. The van der Waals surface area contributed by atoms with Gasteiger partial charge in [-0.05, 0) is 29.9 Å².